The minimum Gasteiger partial charge on any atom is -0.445 e. The minimum atomic E-state index is -0.285. The van der Waals surface area contributed by atoms with Gasteiger partial charge in [-0.25, -0.2) is 9.18 Å². The number of hydrogen-bond donors (Lipinski definition) is 0. The number of hydrogen-bond acceptors (Lipinski definition) is 2. The summed E-state index contributed by atoms with van der Waals surface area (Å²) in [6.07, 6.45) is 0.485. The quantitative estimate of drug-likeness (QED) is 0.790. The van der Waals surface area contributed by atoms with Crippen molar-refractivity contribution in [2.75, 3.05) is 13.1 Å². The second-order valence-corrected chi connectivity index (χ2v) is 6.62. The van der Waals surface area contributed by atoms with Gasteiger partial charge in [-0.15, -0.1) is 0 Å². The molecule has 5 heteroatoms. The Kier molecular flexibility index (Phi) is 4.96. The molecule has 0 radical (unpaired) electrons. The van der Waals surface area contributed by atoms with Crippen molar-refractivity contribution >= 4 is 22.0 Å². The molecule has 0 saturated carbocycles. The summed E-state index contributed by atoms with van der Waals surface area (Å²) < 4.78 is 19.2. The van der Waals surface area contributed by atoms with E-state index in [4.69, 9.17) is 4.74 Å². The number of ether oxygens (including phenoxy) is 1. The fourth-order valence-electron chi connectivity index (χ4n) is 2.66. The van der Waals surface area contributed by atoms with Crippen LogP contribution in [0.1, 0.15) is 11.1 Å². The molecule has 0 unspecified atom stereocenters. The van der Waals surface area contributed by atoms with Crippen LogP contribution in [-0.2, 0) is 17.8 Å². The van der Waals surface area contributed by atoms with Gasteiger partial charge in [-0.1, -0.05) is 36.4 Å². The molecular formula is C18H17BrFNO2. The molecule has 0 spiro atoms. The first-order valence-electron chi connectivity index (χ1n) is 7.51. The van der Waals surface area contributed by atoms with Gasteiger partial charge in [-0.05, 0) is 51.5 Å². The number of benzene rings is 2. The third kappa shape index (κ3) is 4.10. The van der Waals surface area contributed by atoms with Crippen molar-refractivity contribution in [1.82, 2.24) is 4.90 Å². The van der Waals surface area contributed by atoms with Gasteiger partial charge in [0.25, 0.3) is 0 Å². The van der Waals surface area contributed by atoms with Crippen molar-refractivity contribution in [1.29, 1.82) is 0 Å². The van der Waals surface area contributed by atoms with Gasteiger partial charge in [0.05, 0.1) is 4.47 Å². The summed E-state index contributed by atoms with van der Waals surface area (Å²) in [4.78, 5) is 13.6. The first-order valence-corrected chi connectivity index (χ1v) is 8.30. The number of carbonyl (C=O) groups is 1. The molecule has 2 aromatic carbocycles. The Bertz CT molecular complexity index is 687. The number of amides is 1. The van der Waals surface area contributed by atoms with Crippen molar-refractivity contribution in [3.63, 3.8) is 0 Å². The smallest absolute Gasteiger partial charge is 0.410 e. The molecule has 3 nitrogen and oxygen atoms in total. The molecule has 1 fully saturated rings. The van der Waals surface area contributed by atoms with Gasteiger partial charge in [0.2, 0.25) is 0 Å². The maximum Gasteiger partial charge on any atom is 0.410 e. The van der Waals surface area contributed by atoms with E-state index in [1.54, 1.807) is 17.0 Å². The molecule has 3 rings (SSSR count). The Hall–Kier alpha value is -1.88. The standard InChI is InChI=1S/C18H17BrFNO2/c19-16-7-6-14(9-17(16)20)8-15-10-21(11-15)18(22)23-12-13-4-2-1-3-5-13/h1-7,9,15H,8,10-12H2. The number of rotatable bonds is 4. The predicted octanol–water partition coefficient (Wildman–Crippen LogP) is 4.40. The summed E-state index contributed by atoms with van der Waals surface area (Å²) in [7, 11) is 0. The highest BCUT2D eigenvalue weighted by Gasteiger charge is 2.31. The third-order valence-electron chi connectivity index (χ3n) is 3.93. The van der Waals surface area contributed by atoms with Crippen molar-refractivity contribution in [3.8, 4) is 0 Å². The summed E-state index contributed by atoms with van der Waals surface area (Å²) in [5.74, 6) is 0.112. The van der Waals surface area contributed by atoms with Crippen molar-refractivity contribution < 1.29 is 13.9 Å². The zero-order valence-corrected chi connectivity index (χ0v) is 14.1. The first kappa shape index (κ1) is 16.0. The third-order valence-corrected chi connectivity index (χ3v) is 4.57. The fraction of sp³-hybridized carbons (Fsp3) is 0.278. The number of halogens is 2. The lowest BCUT2D eigenvalue weighted by molar-refractivity contribution is 0.0496. The summed E-state index contributed by atoms with van der Waals surface area (Å²) in [6.45, 7) is 1.61. The zero-order valence-electron chi connectivity index (χ0n) is 12.5. The van der Waals surface area contributed by atoms with E-state index in [1.165, 1.54) is 0 Å². The van der Waals surface area contributed by atoms with E-state index < -0.39 is 0 Å². The molecule has 2 aromatic rings. The van der Waals surface area contributed by atoms with Gasteiger partial charge in [-0.3, -0.25) is 0 Å². The van der Waals surface area contributed by atoms with E-state index in [-0.39, 0.29) is 11.9 Å². The molecule has 0 bridgehead atoms. The molecular weight excluding hydrogens is 361 g/mol. The zero-order chi connectivity index (χ0) is 16.2. The number of carbonyl (C=O) groups excluding carboxylic acids is 1. The average Bonchev–Trinajstić information content (AvgIpc) is 2.52. The summed E-state index contributed by atoms with van der Waals surface area (Å²) in [5.41, 5.74) is 1.93. The van der Waals surface area contributed by atoms with E-state index in [1.807, 2.05) is 36.4 Å². The van der Waals surface area contributed by atoms with Gasteiger partial charge in [0.1, 0.15) is 12.4 Å². The van der Waals surface area contributed by atoms with E-state index in [2.05, 4.69) is 15.9 Å². The van der Waals surface area contributed by atoms with Crippen LogP contribution in [0.25, 0.3) is 0 Å². The van der Waals surface area contributed by atoms with E-state index in [0.29, 0.717) is 30.1 Å². The molecule has 0 N–H and O–H groups in total. The summed E-state index contributed by atoms with van der Waals surface area (Å²) in [6, 6.07) is 14.8. The van der Waals surface area contributed by atoms with Gasteiger partial charge in [0.15, 0.2) is 0 Å². The maximum atomic E-state index is 13.5. The van der Waals surface area contributed by atoms with Crippen LogP contribution >= 0.6 is 15.9 Å². The van der Waals surface area contributed by atoms with Crippen LogP contribution in [0.4, 0.5) is 9.18 Å². The number of nitrogens with zero attached hydrogens (tertiary/aromatic N) is 1. The van der Waals surface area contributed by atoms with Crippen LogP contribution in [0.3, 0.4) is 0 Å². The second kappa shape index (κ2) is 7.13. The maximum absolute atomic E-state index is 13.5. The molecule has 1 amide bonds. The van der Waals surface area contributed by atoms with Gasteiger partial charge in [0, 0.05) is 13.1 Å². The van der Waals surface area contributed by atoms with Crippen LogP contribution in [0.5, 0.6) is 0 Å². The normalized spacial score (nSPS) is 14.4. The Morgan fingerprint density at radius 2 is 1.91 bits per heavy atom. The molecule has 23 heavy (non-hydrogen) atoms. The van der Waals surface area contributed by atoms with Crippen LogP contribution in [0, 0.1) is 11.7 Å². The van der Waals surface area contributed by atoms with Crippen LogP contribution < -0.4 is 0 Å². The Morgan fingerprint density at radius 1 is 1.17 bits per heavy atom. The Labute approximate surface area is 143 Å². The molecule has 0 aromatic heterocycles. The Morgan fingerprint density at radius 3 is 2.61 bits per heavy atom. The van der Waals surface area contributed by atoms with Crippen molar-refractivity contribution in [2.45, 2.75) is 13.0 Å². The molecule has 1 aliphatic rings. The van der Waals surface area contributed by atoms with Crippen molar-refractivity contribution in [2.24, 2.45) is 5.92 Å². The lowest BCUT2D eigenvalue weighted by Gasteiger charge is -2.38. The molecule has 0 aliphatic carbocycles. The molecule has 1 heterocycles. The highest BCUT2D eigenvalue weighted by atomic mass is 79.9. The Balaban J connectivity index is 1.43. The number of likely N-dealkylation sites (tertiary alicyclic amines) is 1. The second-order valence-electron chi connectivity index (χ2n) is 5.76. The summed E-state index contributed by atoms with van der Waals surface area (Å²) in [5, 5.41) is 0. The lowest BCUT2D eigenvalue weighted by Crippen LogP contribution is -2.50. The first-order chi connectivity index (χ1) is 11.1. The molecule has 1 saturated heterocycles. The van der Waals surface area contributed by atoms with Crippen LogP contribution in [-0.4, -0.2) is 24.1 Å². The van der Waals surface area contributed by atoms with E-state index in [0.717, 1.165) is 17.5 Å². The van der Waals surface area contributed by atoms with Gasteiger partial charge < -0.3 is 9.64 Å². The van der Waals surface area contributed by atoms with Crippen molar-refractivity contribution in [3.05, 3.63) is 69.9 Å². The van der Waals surface area contributed by atoms with E-state index >= 15 is 0 Å². The fourth-order valence-corrected chi connectivity index (χ4v) is 2.91. The SMILES string of the molecule is O=C(OCc1ccccc1)N1CC(Cc2ccc(Br)c(F)c2)C1. The predicted molar refractivity (Wildman–Crippen MR) is 89.5 cm³/mol. The summed E-state index contributed by atoms with van der Waals surface area (Å²) >= 11 is 3.15. The van der Waals surface area contributed by atoms with Crippen LogP contribution in [0.15, 0.2) is 53.0 Å². The highest BCUT2D eigenvalue weighted by molar-refractivity contribution is 9.10. The molecule has 0 atom stereocenters. The van der Waals surface area contributed by atoms with Gasteiger partial charge >= 0.3 is 6.09 Å². The van der Waals surface area contributed by atoms with Gasteiger partial charge in [-0.2, -0.15) is 0 Å². The van der Waals surface area contributed by atoms with E-state index in [9.17, 15) is 9.18 Å². The molecule has 120 valence electrons. The lowest BCUT2D eigenvalue weighted by atomic mass is 9.92. The monoisotopic (exact) mass is 377 g/mol. The molecule has 1 aliphatic heterocycles. The highest BCUT2D eigenvalue weighted by Crippen LogP contribution is 2.24. The van der Waals surface area contributed by atoms with Crippen LogP contribution in [0.2, 0.25) is 0 Å². The average molecular weight is 378 g/mol. The largest absolute Gasteiger partial charge is 0.445 e. The minimum absolute atomic E-state index is 0.249. The topological polar surface area (TPSA) is 29.5 Å².